The fraction of sp³-hybridized carbons (Fsp3) is 0.274. The van der Waals surface area contributed by atoms with Crippen molar-refractivity contribution in [3.05, 3.63) is 160 Å². The summed E-state index contributed by atoms with van der Waals surface area (Å²) in [7, 11) is 0. The fourth-order valence-electron chi connectivity index (χ4n) is 9.18. The minimum Gasteiger partial charge on any atom is -0.354 e. The number of aromatic amines is 2. The predicted molar refractivity (Wildman–Crippen MR) is 293 cm³/mol. The van der Waals surface area contributed by atoms with Gasteiger partial charge in [0, 0.05) is 54.8 Å². The lowest BCUT2D eigenvalue weighted by atomic mass is 9.78. The molecule has 0 atom stereocenters. The van der Waals surface area contributed by atoms with E-state index >= 15 is 0 Å². The van der Waals surface area contributed by atoms with Crippen molar-refractivity contribution >= 4 is 64.4 Å². The third-order valence-electron chi connectivity index (χ3n) is 13.4. The fourth-order valence-corrected chi connectivity index (χ4v) is 9.59. The van der Waals surface area contributed by atoms with Crippen molar-refractivity contribution in [1.82, 2.24) is 19.9 Å². The summed E-state index contributed by atoms with van der Waals surface area (Å²) in [6, 6.07) is 39.6. The highest BCUT2D eigenvalue weighted by atomic mass is 32.2. The Kier molecular flexibility index (Phi) is 11.8. The molecule has 344 valence electrons. The van der Waals surface area contributed by atoms with Crippen LogP contribution in [0.3, 0.4) is 0 Å². The van der Waals surface area contributed by atoms with E-state index in [1.807, 2.05) is 24.3 Å². The Morgan fingerprint density at radius 1 is 0.397 bits per heavy atom. The van der Waals surface area contributed by atoms with Crippen molar-refractivity contribution in [3.63, 3.8) is 0 Å². The number of hydrogen-bond donors (Lipinski definition) is 2. The number of nitrogens with zero attached hydrogens (tertiary/aromatic N) is 2. The van der Waals surface area contributed by atoms with Gasteiger partial charge in [-0.2, -0.15) is 0 Å². The number of fused-ring (bicyclic) bond motifs is 8. The Morgan fingerprint density at radius 3 is 0.971 bits per heavy atom. The molecule has 0 unspecified atom stereocenters. The summed E-state index contributed by atoms with van der Waals surface area (Å²) in [5.74, 6) is 0. The van der Waals surface area contributed by atoms with Gasteiger partial charge in [0.15, 0.2) is 0 Å². The third kappa shape index (κ3) is 9.11. The highest BCUT2D eigenvalue weighted by Gasteiger charge is 2.26. The van der Waals surface area contributed by atoms with E-state index in [9.17, 15) is 4.79 Å². The number of aromatic nitrogens is 4. The molecule has 0 spiro atoms. The van der Waals surface area contributed by atoms with E-state index in [2.05, 4.69) is 209 Å². The van der Waals surface area contributed by atoms with Crippen LogP contribution in [0, 0.1) is 0 Å². The molecule has 2 aliphatic rings. The summed E-state index contributed by atoms with van der Waals surface area (Å²) < 4.78 is 0. The first-order valence-electron chi connectivity index (χ1n) is 23.8. The number of thioether (sulfide) groups is 1. The lowest BCUT2D eigenvalue weighted by Gasteiger charge is -2.26. The van der Waals surface area contributed by atoms with Crippen LogP contribution >= 0.6 is 11.8 Å². The normalized spacial score (nSPS) is 13.1. The van der Waals surface area contributed by atoms with Gasteiger partial charge in [0.25, 0.3) is 0 Å². The number of carbonyl (C=O) groups is 1. The largest absolute Gasteiger partial charge is 0.354 e. The molecule has 3 aromatic heterocycles. The lowest BCUT2D eigenvalue weighted by molar-refractivity contribution is 0.112. The molecule has 5 nitrogen and oxygen atoms in total. The van der Waals surface area contributed by atoms with Crippen LogP contribution in [-0.2, 0) is 21.7 Å². The molecule has 2 N–H and O–H groups in total. The van der Waals surface area contributed by atoms with E-state index < -0.39 is 0 Å². The van der Waals surface area contributed by atoms with Crippen molar-refractivity contribution in [2.45, 2.75) is 110 Å². The van der Waals surface area contributed by atoms with Crippen LogP contribution in [0.25, 0.3) is 90.9 Å². The molecule has 0 saturated heterocycles. The summed E-state index contributed by atoms with van der Waals surface area (Å²) in [4.78, 5) is 32.3. The van der Waals surface area contributed by atoms with Gasteiger partial charge >= 0.3 is 0 Å². The number of H-pyrrole nitrogens is 2. The quantitative estimate of drug-likeness (QED) is 0.129. The van der Waals surface area contributed by atoms with Crippen molar-refractivity contribution in [3.8, 4) is 44.5 Å². The smallest absolute Gasteiger partial charge is 0.150 e. The first-order chi connectivity index (χ1) is 32.1. The van der Waals surface area contributed by atoms with E-state index in [0.29, 0.717) is 5.56 Å². The first kappa shape index (κ1) is 46.6. The summed E-state index contributed by atoms with van der Waals surface area (Å²) >= 11 is 1.74. The monoisotopic (exact) mass is 912 g/mol. The van der Waals surface area contributed by atoms with Gasteiger partial charge in [0.05, 0.1) is 22.8 Å². The summed E-state index contributed by atoms with van der Waals surface area (Å²) in [5, 5.41) is 0. The molecular weight excluding hydrogens is 849 g/mol. The molecule has 0 radical (unpaired) electrons. The summed E-state index contributed by atoms with van der Waals surface area (Å²) in [6.45, 7) is 27.4. The summed E-state index contributed by atoms with van der Waals surface area (Å²) in [6.07, 6.45) is 11.7. The van der Waals surface area contributed by atoms with Crippen molar-refractivity contribution in [2.75, 3.05) is 6.26 Å². The highest BCUT2D eigenvalue weighted by Crippen LogP contribution is 2.42. The minimum absolute atomic E-state index is 0.0936. The second kappa shape index (κ2) is 17.2. The van der Waals surface area contributed by atoms with Crippen LogP contribution in [-0.4, -0.2) is 32.5 Å². The molecule has 8 bridgehead atoms. The summed E-state index contributed by atoms with van der Waals surface area (Å²) in [5.41, 5.74) is 20.8. The highest BCUT2D eigenvalue weighted by molar-refractivity contribution is 7.98. The van der Waals surface area contributed by atoms with E-state index in [1.165, 1.54) is 27.1 Å². The van der Waals surface area contributed by atoms with Crippen LogP contribution in [0.1, 0.15) is 138 Å². The average Bonchev–Trinajstić information content (AvgIpc) is 4.14. The van der Waals surface area contributed by atoms with Crippen LogP contribution in [0.4, 0.5) is 0 Å². The number of aldehydes is 1. The van der Waals surface area contributed by atoms with E-state index in [1.54, 1.807) is 11.8 Å². The number of benzene rings is 4. The number of rotatable bonds is 6. The second-order valence-electron chi connectivity index (χ2n) is 22.6. The van der Waals surface area contributed by atoms with Gasteiger partial charge in [-0.05, 0) is 133 Å². The van der Waals surface area contributed by atoms with Crippen molar-refractivity contribution in [1.29, 1.82) is 0 Å². The van der Waals surface area contributed by atoms with Crippen molar-refractivity contribution < 1.29 is 4.79 Å². The van der Waals surface area contributed by atoms with Crippen LogP contribution < -0.4 is 0 Å². The Hall–Kier alpha value is -6.50. The molecule has 6 heteroatoms. The van der Waals surface area contributed by atoms with Gasteiger partial charge in [-0.3, -0.25) is 4.79 Å². The first-order valence-corrected chi connectivity index (χ1v) is 25.0. The van der Waals surface area contributed by atoms with Crippen LogP contribution in [0.5, 0.6) is 0 Å². The molecule has 2 aliphatic heterocycles. The molecule has 0 saturated carbocycles. The predicted octanol–water partition coefficient (Wildman–Crippen LogP) is 17.0. The molecule has 0 aliphatic carbocycles. The molecule has 4 aromatic carbocycles. The number of carbonyl (C=O) groups excluding carboxylic acids is 1. The zero-order chi connectivity index (χ0) is 48.5. The SMILES string of the molecule is CSc1ccc(-c2c3nc(c(-c4cc(C(C)(C)C)cc(C(C)(C)C)c4)c4ccc([nH]4)c(-c4ccc(C=O)cc4)c4nc(c(-c5cc(C(C)(C)C)cc(C(C)(C)C)c5)c5ccc2[nH]5)C=C4)C=C3)cc1. The second-order valence-corrected chi connectivity index (χ2v) is 23.4. The van der Waals surface area contributed by atoms with Gasteiger partial charge in [-0.1, -0.05) is 156 Å². The van der Waals surface area contributed by atoms with E-state index in [-0.39, 0.29) is 21.7 Å². The Morgan fingerprint density at radius 2 is 0.691 bits per heavy atom. The minimum atomic E-state index is -0.0936. The van der Waals surface area contributed by atoms with E-state index in [4.69, 9.17) is 9.97 Å². The standard InChI is InChI=1S/C62H64N4OS/c1-59(2,3)42-30-40(31-43(34-42)60(4,5)6)57-51-26-22-47(63-51)55(38-16-14-37(36-67)15-17-38)48-23-27-52(64-48)58(41-32-44(61(7,8)9)35-45(33-41)62(10,11)12)54-29-25-50(66-54)56(49-24-28-53(57)65-49)39-18-20-46(68-13)21-19-39/h14-36,63,66H,1-13H3. The van der Waals surface area contributed by atoms with Gasteiger partial charge in [0.1, 0.15) is 6.29 Å². The third-order valence-corrected chi connectivity index (χ3v) is 14.1. The van der Waals surface area contributed by atoms with Crippen molar-refractivity contribution in [2.24, 2.45) is 0 Å². The molecule has 9 rings (SSSR count). The van der Waals surface area contributed by atoms with Crippen LogP contribution in [0.2, 0.25) is 0 Å². The van der Waals surface area contributed by atoms with Gasteiger partial charge in [-0.25, -0.2) is 9.97 Å². The number of hydrogen-bond acceptors (Lipinski definition) is 4. The average molecular weight is 913 g/mol. The molecule has 5 heterocycles. The maximum Gasteiger partial charge on any atom is 0.150 e. The lowest BCUT2D eigenvalue weighted by Crippen LogP contribution is -2.16. The topological polar surface area (TPSA) is 74.4 Å². The molecule has 0 fully saturated rings. The molecule has 0 amide bonds. The molecule has 7 aromatic rings. The van der Waals surface area contributed by atoms with E-state index in [0.717, 1.165) is 95.6 Å². The Labute approximate surface area is 407 Å². The maximum absolute atomic E-state index is 11.9. The Balaban J connectivity index is 1.49. The van der Waals surface area contributed by atoms with Crippen LogP contribution in [0.15, 0.2) is 114 Å². The molecule has 68 heavy (non-hydrogen) atoms. The van der Waals surface area contributed by atoms with Gasteiger partial charge in [-0.15, -0.1) is 11.8 Å². The maximum atomic E-state index is 11.9. The van der Waals surface area contributed by atoms with Gasteiger partial charge < -0.3 is 9.97 Å². The number of nitrogens with one attached hydrogen (secondary N) is 2. The zero-order valence-electron chi connectivity index (χ0n) is 42.0. The van der Waals surface area contributed by atoms with Gasteiger partial charge in [0.2, 0.25) is 0 Å². The molecular formula is C62H64N4OS. The Bertz CT molecular complexity index is 3210. The zero-order valence-corrected chi connectivity index (χ0v) is 42.8.